The van der Waals surface area contributed by atoms with Crippen molar-refractivity contribution in [1.29, 1.82) is 0 Å². The first-order valence-corrected chi connectivity index (χ1v) is 9.42. The van der Waals surface area contributed by atoms with E-state index in [0.717, 1.165) is 43.6 Å². The Morgan fingerprint density at radius 1 is 1.30 bits per heavy atom. The van der Waals surface area contributed by atoms with E-state index in [0.29, 0.717) is 6.04 Å². The monoisotopic (exact) mass is 329 g/mol. The summed E-state index contributed by atoms with van der Waals surface area (Å²) in [5, 5.41) is 6.69. The number of rotatable bonds is 2. The van der Waals surface area contributed by atoms with E-state index >= 15 is 0 Å². The summed E-state index contributed by atoms with van der Waals surface area (Å²) in [6, 6.07) is 2.43. The molecule has 1 unspecified atom stereocenters. The molecule has 2 aromatic rings. The van der Waals surface area contributed by atoms with E-state index in [1.807, 2.05) is 11.8 Å². The Morgan fingerprint density at radius 3 is 2.91 bits per heavy atom. The maximum absolute atomic E-state index is 12.9. The highest BCUT2D eigenvalue weighted by atomic mass is 32.1. The molecule has 0 spiro atoms. The molecule has 0 bridgehead atoms. The maximum Gasteiger partial charge on any atom is 0.255 e. The Hall–Kier alpha value is -1.62. The molecule has 1 saturated heterocycles. The van der Waals surface area contributed by atoms with Crippen LogP contribution in [-0.2, 0) is 12.8 Å². The molecule has 0 N–H and O–H groups in total. The molecular weight excluding hydrogens is 306 g/mol. The van der Waals surface area contributed by atoms with Gasteiger partial charge < -0.3 is 4.90 Å². The minimum Gasteiger partial charge on any atom is -0.336 e. The molecule has 5 heteroatoms. The summed E-state index contributed by atoms with van der Waals surface area (Å²) in [5.41, 5.74) is 4.55. The zero-order valence-electron chi connectivity index (χ0n) is 13.8. The fraction of sp³-hybridized carbons (Fsp3) is 0.556. The molecule has 3 heterocycles. The second-order valence-corrected chi connectivity index (χ2v) is 7.79. The lowest BCUT2D eigenvalue weighted by atomic mass is 9.95. The van der Waals surface area contributed by atoms with Crippen LogP contribution in [-0.4, -0.2) is 33.7 Å². The zero-order chi connectivity index (χ0) is 16.0. The largest absolute Gasteiger partial charge is 0.336 e. The minimum absolute atomic E-state index is 0.230. The first-order valence-electron chi connectivity index (χ1n) is 8.55. The minimum atomic E-state index is 0.230. The molecule has 0 saturated carbocycles. The smallest absolute Gasteiger partial charge is 0.255 e. The van der Waals surface area contributed by atoms with Crippen LogP contribution in [0.4, 0.5) is 0 Å². The van der Waals surface area contributed by atoms with Crippen LogP contribution in [0.3, 0.4) is 0 Å². The van der Waals surface area contributed by atoms with Gasteiger partial charge in [0.25, 0.3) is 5.91 Å². The van der Waals surface area contributed by atoms with Crippen LogP contribution in [0.5, 0.6) is 0 Å². The number of thiophene rings is 1. The Morgan fingerprint density at radius 2 is 2.13 bits per heavy atom. The van der Waals surface area contributed by atoms with Gasteiger partial charge in [0.2, 0.25) is 0 Å². The molecule has 1 atom stereocenters. The highest BCUT2D eigenvalue weighted by molar-refractivity contribution is 7.10. The van der Waals surface area contributed by atoms with E-state index in [1.54, 1.807) is 11.3 Å². The quantitative estimate of drug-likeness (QED) is 0.845. The molecule has 1 amide bonds. The molecule has 0 radical (unpaired) electrons. The van der Waals surface area contributed by atoms with Crippen molar-refractivity contribution in [3.8, 4) is 0 Å². The van der Waals surface area contributed by atoms with Crippen LogP contribution in [0.25, 0.3) is 0 Å². The number of hydrogen-bond acceptors (Lipinski definition) is 3. The lowest BCUT2D eigenvalue weighted by Gasteiger charge is -2.19. The Balaban J connectivity index is 1.52. The number of fused-ring (bicyclic) bond motifs is 1. The molecule has 1 fully saturated rings. The highest BCUT2D eigenvalue weighted by Crippen LogP contribution is 2.32. The molecule has 2 aliphatic rings. The molecule has 2 aromatic heterocycles. The number of amides is 1. The van der Waals surface area contributed by atoms with E-state index in [4.69, 9.17) is 0 Å². The summed E-state index contributed by atoms with van der Waals surface area (Å²) >= 11 is 1.78. The van der Waals surface area contributed by atoms with E-state index in [9.17, 15) is 4.79 Å². The van der Waals surface area contributed by atoms with Gasteiger partial charge in [-0.1, -0.05) is 0 Å². The number of hydrogen-bond donors (Lipinski definition) is 0. The molecule has 4 nitrogen and oxygen atoms in total. The van der Waals surface area contributed by atoms with Gasteiger partial charge in [-0.2, -0.15) is 5.10 Å². The second-order valence-electron chi connectivity index (χ2n) is 6.82. The van der Waals surface area contributed by atoms with Crippen LogP contribution < -0.4 is 0 Å². The Labute approximate surface area is 141 Å². The summed E-state index contributed by atoms with van der Waals surface area (Å²) in [6.07, 6.45) is 5.72. The van der Waals surface area contributed by atoms with E-state index in [2.05, 4.69) is 28.2 Å². The first kappa shape index (κ1) is 14.9. The second kappa shape index (κ2) is 5.78. The molecular formula is C18H23N3OS. The van der Waals surface area contributed by atoms with Crippen LogP contribution in [0.2, 0.25) is 0 Å². The number of carbonyl (C=O) groups excluding carboxylic acids is 1. The summed E-state index contributed by atoms with van der Waals surface area (Å²) in [6.45, 7) is 5.75. The van der Waals surface area contributed by atoms with Gasteiger partial charge in [-0.25, -0.2) is 0 Å². The molecule has 4 rings (SSSR count). The third-order valence-corrected chi connectivity index (χ3v) is 6.22. The normalized spacial score (nSPS) is 20.8. The molecule has 1 aliphatic carbocycles. The van der Waals surface area contributed by atoms with Crippen LogP contribution in [0.15, 0.2) is 11.4 Å². The van der Waals surface area contributed by atoms with Gasteiger partial charge >= 0.3 is 0 Å². The van der Waals surface area contributed by atoms with Gasteiger partial charge in [0.15, 0.2) is 0 Å². The van der Waals surface area contributed by atoms with Gasteiger partial charge in [0.1, 0.15) is 0 Å². The van der Waals surface area contributed by atoms with Crippen LogP contribution >= 0.6 is 11.3 Å². The molecule has 0 aromatic carbocycles. The molecule has 1 aliphatic heterocycles. The van der Waals surface area contributed by atoms with Crippen molar-refractivity contribution < 1.29 is 4.79 Å². The van der Waals surface area contributed by atoms with Crippen molar-refractivity contribution in [3.63, 3.8) is 0 Å². The van der Waals surface area contributed by atoms with E-state index in [1.165, 1.54) is 29.0 Å². The number of aryl methyl sites for hydroxylation is 3. The standard InChI is InChI=1S/C18H23N3OS/c1-12-9-13(2)21(19-12)14-7-8-20(10-14)18(22)16-11-23-17-6-4-3-5-15(16)17/h9,11,14H,3-8,10H2,1-2H3. The van der Waals surface area contributed by atoms with Gasteiger partial charge in [0.05, 0.1) is 17.3 Å². The van der Waals surface area contributed by atoms with Crippen molar-refractivity contribution in [2.75, 3.05) is 13.1 Å². The third kappa shape index (κ3) is 2.61. The third-order valence-electron chi connectivity index (χ3n) is 5.13. The van der Waals surface area contributed by atoms with Crippen molar-refractivity contribution in [3.05, 3.63) is 38.8 Å². The van der Waals surface area contributed by atoms with Crippen molar-refractivity contribution in [2.24, 2.45) is 0 Å². The lowest BCUT2D eigenvalue weighted by molar-refractivity contribution is 0.0786. The first-order chi connectivity index (χ1) is 11.1. The lowest BCUT2D eigenvalue weighted by Crippen LogP contribution is -2.30. The maximum atomic E-state index is 12.9. The topological polar surface area (TPSA) is 38.1 Å². The highest BCUT2D eigenvalue weighted by Gasteiger charge is 2.31. The zero-order valence-corrected chi connectivity index (χ0v) is 14.7. The number of aromatic nitrogens is 2. The Bertz CT molecular complexity index is 746. The Kier molecular flexibility index (Phi) is 3.76. The van der Waals surface area contributed by atoms with E-state index in [-0.39, 0.29) is 5.91 Å². The van der Waals surface area contributed by atoms with Crippen molar-refractivity contribution in [2.45, 2.75) is 52.0 Å². The van der Waals surface area contributed by atoms with Gasteiger partial charge in [-0.15, -0.1) is 11.3 Å². The average Bonchev–Trinajstić information content (AvgIpc) is 3.24. The summed E-state index contributed by atoms with van der Waals surface area (Å²) < 4.78 is 2.10. The predicted octanol–water partition coefficient (Wildman–Crippen LogP) is 3.53. The summed E-state index contributed by atoms with van der Waals surface area (Å²) in [7, 11) is 0. The predicted molar refractivity (Wildman–Crippen MR) is 92.2 cm³/mol. The number of carbonyl (C=O) groups is 1. The summed E-state index contributed by atoms with van der Waals surface area (Å²) in [4.78, 5) is 16.4. The SMILES string of the molecule is Cc1cc(C)n(C2CCN(C(=O)c3csc4c3CCCC4)C2)n1. The number of likely N-dealkylation sites (tertiary alicyclic amines) is 1. The molecule has 122 valence electrons. The fourth-order valence-corrected chi connectivity index (χ4v) is 5.10. The van der Waals surface area contributed by atoms with Gasteiger partial charge in [0, 0.05) is 29.0 Å². The summed E-state index contributed by atoms with van der Waals surface area (Å²) in [5.74, 6) is 0.230. The fourth-order valence-electron chi connectivity index (χ4n) is 3.99. The number of nitrogens with zero attached hydrogens (tertiary/aromatic N) is 3. The molecule has 23 heavy (non-hydrogen) atoms. The average molecular weight is 329 g/mol. The van der Waals surface area contributed by atoms with Gasteiger partial charge in [-0.05, 0) is 57.6 Å². The van der Waals surface area contributed by atoms with Crippen molar-refractivity contribution in [1.82, 2.24) is 14.7 Å². The van der Waals surface area contributed by atoms with Gasteiger partial charge in [-0.3, -0.25) is 9.48 Å². The van der Waals surface area contributed by atoms with Crippen LogP contribution in [0.1, 0.15) is 57.5 Å². The van der Waals surface area contributed by atoms with Crippen molar-refractivity contribution >= 4 is 17.2 Å². The van der Waals surface area contributed by atoms with E-state index < -0.39 is 0 Å². The van der Waals surface area contributed by atoms with Crippen LogP contribution in [0, 0.1) is 13.8 Å².